The number of carbonyl (C=O) groups is 1. The van der Waals surface area contributed by atoms with Crippen LogP contribution in [0.5, 0.6) is 0 Å². The molecule has 0 saturated carbocycles. The molecule has 2 rings (SSSR count). The maximum absolute atomic E-state index is 12.2. The summed E-state index contributed by atoms with van der Waals surface area (Å²) in [6.45, 7) is 1.68. The number of non-ortho nitro benzene ring substituents is 1. The Kier molecular flexibility index (Phi) is 5.41. The smallest absolute Gasteiger partial charge is 0.271 e. The molecule has 120 valence electrons. The zero-order valence-corrected chi connectivity index (χ0v) is 13.6. The lowest BCUT2D eigenvalue weighted by Crippen LogP contribution is -2.31. The van der Waals surface area contributed by atoms with Gasteiger partial charge in [0, 0.05) is 22.8 Å². The van der Waals surface area contributed by atoms with E-state index in [0.717, 1.165) is 5.69 Å². The largest absolute Gasteiger partial charge is 0.374 e. The first-order valence-electron chi connectivity index (χ1n) is 6.63. The second-order valence-electron chi connectivity index (χ2n) is 4.78. The standard InChI is InChI=1S/C15H13Cl2N3O3/c1-9(18-11-4-2-10(16)3-5-11)15(21)19-14-7-6-12(20(22)23)8-13(14)17/h2-9,18H,1H3,(H,19,21). The summed E-state index contributed by atoms with van der Waals surface area (Å²) in [6, 6.07) is 10.3. The van der Waals surface area contributed by atoms with E-state index in [4.69, 9.17) is 23.2 Å². The summed E-state index contributed by atoms with van der Waals surface area (Å²) < 4.78 is 0. The number of benzene rings is 2. The fourth-order valence-corrected chi connectivity index (χ4v) is 2.17. The van der Waals surface area contributed by atoms with Crippen molar-refractivity contribution in [1.29, 1.82) is 0 Å². The molecule has 0 aliphatic rings. The van der Waals surface area contributed by atoms with Crippen molar-refractivity contribution in [1.82, 2.24) is 0 Å². The molecule has 23 heavy (non-hydrogen) atoms. The normalized spacial score (nSPS) is 11.6. The van der Waals surface area contributed by atoms with E-state index < -0.39 is 11.0 Å². The van der Waals surface area contributed by atoms with Crippen molar-refractivity contribution in [2.45, 2.75) is 13.0 Å². The number of nitro groups is 1. The van der Waals surface area contributed by atoms with Crippen molar-refractivity contribution in [2.24, 2.45) is 0 Å². The first-order chi connectivity index (χ1) is 10.9. The minimum absolute atomic E-state index is 0.103. The van der Waals surface area contributed by atoms with Crippen LogP contribution in [0, 0.1) is 10.1 Å². The van der Waals surface area contributed by atoms with Crippen molar-refractivity contribution in [2.75, 3.05) is 10.6 Å². The fraction of sp³-hybridized carbons (Fsp3) is 0.133. The lowest BCUT2D eigenvalue weighted by Gasteiger charge is -2.16. The summed E-state index contributed by atoms with van der Waals surface area (Å²) >= 11 is 11.7. The van der Waals surface area contributed by atoms with Crippen LogP contribution in [-0.2, 0) is 4.79 Å². The van der Waals surface area contributed by atoms with Gasteiger partial charge in [-0.1, -0.05) is 23.2 Å². The number of nitrogens with zero attached hydrogens (tertiary/aromatic N) is 1. The molecule has 1 amide bonds. The van der Waals surface area contributed by atoms with Gasteiger partial charge in [-0.15, -0.1) is 0 Å². The van der Waals surface area contributed by atoms with E-state index in [1.165, 1.54) is 18.2 Å². The Morgan fingerprint density at radius 1 is 1.17 bits per heavy atom. The molecule has 0 aromatic heterocycles. The summed E-state index contributed by atoms with van der Waals surface area (Å²) in [4.78, 5) is 22.3. The summed E-state index contributed by atoms with van der Waals surface area (Å²) in [7, 11) is 0. The summed E-state index contributed by atoms with van der Waals surface area (Å²) in [5, 5.41) is 17.0. The second kappa shape index (κ2) is 7.30. The zero-order valence-electron chi connectivity index (χ0n) is 12.0. The van der Waals surface area contributed by atoms with Gasteiger partial charge < -0.3 is 10.6 Å². The fourth-order valence-electron chi connectivity index (χ4n) is 1.82. The van der Waals surface area contributed by atoms with Gasteiger partial charge in [0.1, 0.15) is 6.04 Å². The molecule has 0 spiro atoms. The molecule has 8 heteroatoms. The number of rotatable bonds is 5. The SMILES string of the molecule is CC(Nc1ccc(Cl)cc1)C(=O)Nc1ccc([N+](=O)[O-])cc1Cl. The van der Waals surface area contributed by atoms with Crippen molar-refractivity contribution in [3.8, 4) is 0 Å². The van der Waals surface area contributed by atoms with Crippen LogP contribution in [0.15, 0.2) is 42.5 Å². The molecule has 0 bridgehead atoms. The van der Waals surface area contributed by atoms with Gasteiger partial charge in [-0.3, -0.25) is 14.9 Å². The van der Waals surface area contributed by atoms with Crippen LogP contribution in [0.1, 0.15) is 6.92 Å². The predicted molar refractivity (Wildman–Crippen MR) is 91.3 cm³/mol. The van der Waals surface area contributed by atoms with Gasteiger partial charge in [-0.05, 0) is 37.3 Å². The van der Waals surface area contributed by atoms with Gasteiger partial charge in [0.15, 0.2) is 0 Å². The molecule has 2 N–H and O–H groups in total. The number of hydrogen-bond acceptors (Lipinski definition) is 4. The molecule has 0 aliphatic heterocycles. The molecular weight excluding hydrogens is 341 g/mol. The topological polar surface area (TPSA) is 84.3 Å². The Morgan fingerprint density at radius 2 is 1.83 bits per heavy atom. The molecule has 1 atom stereocenters. The zero-order chi connectivity index (χ0) is 17.0. The van der Waals surface area contributed by atoms with Gasteiger partial charge >= 0.3 is 0 Å². The van der Waals surface area contributed by atoms with Crippen molar-refractivity contribution in [3.05, 3.63) is 62.6 Å². The number of hydrogen-bond donors (Lipinski definition) is 2. The average molecular weight is 354 g/mol. The monoisotopic (exact) mass is 353 g/mol. The van der Waals surface area contributed by atoms with Crippen molar-refractivity contribution < 1.29 is 9.72 Å². The molecule has 0 radical (unpaired) electrons. The number of carbonyl (C=O) groups excluding carboxylic acids is 1. The number of nitro benzene ring substituents is 1. The second-order valence-corrected chi connectivity index (χ2v) is 5.63. The first-order valence-corrected chi connectivity index (χ1v) is 7.39. The van der Waals surface area contributed by atoms with Gasteiger partial charge in [0.2, 0.25) is 5.91 Å². The Bertz CT molecular complexity index is 735. The lowest BCUT2D eigenvalue weighted by molar-refractivity contribution is -0.384. The molecule has 6 nitrogen and oxygen atoms in total. The van der Waals surface area contributed by atoms with Crippen LogP contribution in [0.25, 0.3) is 0 Å². The van der Waals surface area contributed by atoms with Crippen LogP contribution in [0.2, 0.25) is 10.0 Å². The third-order valence-electron chi connectivity index (χ3n) is 3.04. The van der Waals surface area contributed by atoms with Crippen LogP contribution in [0.4, 0.5) is 17.1 Å². The molecule has 0 fully saturated rings. The van der Waals surface area contributed by atoms with Gasteiger partial charge in [0.05, 0.1) is 15.6 Å². The van der Waals surface area contributed by atoms with E-state index >= 15 is 0 Å². The summed E-state index contributed by atoms with van der Waals surface area (Å²) in [5.41, 5.74) is 0.916. The molecule has 2 aromatic carbocycles. The maximum Gasteiger partial charge on any atom is 0.271 e. The predicted octanol–water partition coefficient (Wildman–Crippen LogP) is 4.34. The molecule has 2 aromatic rings. The van der Waals surface area contributed by atoms with Crippen LogP contribution >= 0.6 is 23.2 Å². The highest BCUT2D eigenvalue weighted by atomic mass is 35.5. The summed E-state index contributed by atoms with van der Waals surface area (Å²) in [5.74, 6) is -0.323. The minimum Gasteiger partial charge on any atom is -0.374 e. The quantitative estimate of drug-likeness (QED) is 0.618. The van der Waals surface area contributed by atoms with E-state index in [1.54, 1.807) is 31.2 Å². The van der Waals surface area contributed by atoms with Gasteiger partial charge in [-0.2, -0.15) is 0 Å². The number of nitrogens with one attached hydrogen (secondary N) is 2. The Balaban J connectivity index is 2.03. The third kappa shape index (κ3) is 4.58. The molecular formula is C15H13Cl2N3O3. The molecule has 1 unspecified atom stereocenters. The van der Waals surface area contributed by atoms with Crippen LogP contribution in [0.3, 0.4) is 0 Å². The Hall–Kier alpha value is -2.31. The molecule has 0 saturated heterocycles. The number of anilines is 2. The third-order valence-corrected chi connectivity index (χ3v) is 3.61. The van der Waals surface area contributed by atoms with Gasteiger partial charge in [-0.25, -0.2) is 0 Å². The summed E-state index contributed by atoms with van der Waals surface area (Å²) in [6.07, 6.45) is 0. The number of halogens is 2. The number of amides is 1. The van der Waals surface area contributed by atoms with Crippen molar-refractivity contribution >= 4 is 46.2 Å². The average Bonchev–Trinajstić information content (AvgIpc) is 2.51. The molecule has 0 heterocycles. The van der Waals surface area contributed by atoms with E-state index in [9.17, 15) is 14.9 Å². The Morgan fingerprint density at radius 3 is 2.39 bits per heavy atom. The van der Waals surface area contributed by atoms with Crippen LogP contribution < -0.4 is 10.6 Å². The molecule has 0 aliphatic carbocycles. The van der Waals surface area contributed by atoms with E-state index in [-0.39, 0.29) is 16.6 Å². The Labute approximate surface area is 142 Å². The highest BCUT2D eigenvalue weighted by molar-refractivity contribution is 6.34. The van der Waals surface area contributed by atoms with E-state index in [0.29, 0.717) is 10.7 Å². The first kappa shape index (κ1) is 17.1. The van der Waals surface area contributed by atoms with Gasteiger partial charge in [0.25, 0.3) is 5.69 Å². The van der Waals surface area contributed by atoms with Crippen molar-refractivity contribution in [3.63, 3.8) is 0 Å². The van der Waals surface area contributed by atoms with E-state index in [2.05, 4.69) is 10.6 Å². The van der Waals surface area contributed by atoms with Crippen LogP contribution in [-0.4, -0.2) is 16.9 Å². The van der Waals surface area contributed by atoms with E-state index in [1.807, 2.05) is 0 Å². The maximum atomic E-state index is 12.2. The highest BCUT2D eigenvalue weighted by Gasteiger charge is 2.16. The minimum atomic E-state index is -0.553. The lowest BCUT2D eigenvalue weighted by atomic mass is 10.2. The highest BCUT2D eigenvalue weighted by Crippen LogP contribution is 2.26.